The van der Waals surface area contributed by atoms with Crippen LogP contribution in [0.15, 0.2) is 18.2 Å². The van der Waals surface area contributed by atoms with Crippen molar-refractivity contribution in [2.45, 2.75) is 19.4 Å². The van der Waals surface area contributed by atoms with E-state index in [1.807, 2.05) is 0 Å². The van der Waals surface area contributed by atoms with E-state index in [0.717, 1.165) is 0 Å². The zero-order valence-corrected chi connectivity index (χ0v) is 9.90. The number of rotatable bonds is 4. The zero-order valence-electron chi connectivity index (χ0n) is 9.90. The number of amides is 1. The van der Waals surface area contributed by atoms with Crippen molar-refractivity contribution in [3.63, 3.8) is 0 Å². The Morgan fingerprint density at radius 1 is 1.35 bits per heavy atom. The fourth-order valence-corrected chi connectivity index (χ4v) is 1.37. The average Bonchev–Trinajstić information content (AvgIpc) is 2.28. The topological polar surface area (TPSA) is 89.8 Å². The molecule has 0 unspecified atom stereocenters. The van der Waals surface area contributed by atoms with Crippen LogP contribution in [0.2, 0.25) is 0 Å². The second kappa shape index (κ2) is 5.16. The maximum Gasteiger partial charge on any atom is 0.252 e. The summed E-state index contributed by atoms with van der Waals surface area (Å²) < 4.78 is 0. The van der Waals surface area contributed by atoms with Gasteiger partial charge < -0.3 is 20.6 Å². The summed E-state index contributed by atoms with van der Waals surface area (Å²) in [6.07, 6.45) is 0. The molecule has 0 atom stereocenters. The monoisotopic (exact) mass is 239 g/mol. The highest BCUT2D eigenvalue weighted by atomic mass is 16.3. The Bertz CT molecular complexity index is 413. The predicted octanol–water partition coefficient (Wildman–Crippen LogP) is 0.174. The Kier molecular flexibility index (Phi) is 4.09. The first kappa shape index (κ1) is 13.5. The second-order valence-electron chi connectivity index (χ2n) is 4.33. The third-order valence-corrected chi connectivity index (χ3v) is 2.57. The van der Waals surface area contributed by atoms with Gasteiger partial charge in [0.05, 0.1) is 18.8 Å². The molecule has 5 heteroatoms. The number of nitrogens with one attached hydrogen (secondary N) is 1. The van der Waals surface area contributed by atoms with Crippen LogP contribution in [-0.2, 0) is 0 Å². The number of phenols is 1. The summed E-state index contributed by atoms with van der Waals surface area (Å²) in [5.74, 6) is -0.306. The fraction of sp³-hybridized carbons (Fsp3) is 0.417. The second-order valence-corrected chi connectivity index (χ2v) is 4.33. The third-order valence-electron chi connectivity index (χ3n) is 2.57. The lowest BCUT2D eigenvalue weighted by Gasteiger charge is -2.26. The molecule has 94 valence electrons. The minimum absolute atomic E-state index is 0.0890. The van der Waals surface area contributed by atoms with Crippen LogP contribution in [0.4, 0.5) is 0 Å². The van der Waals surface area contributed by atoms with Crippen molar-refractivity contribution in [2.24, 2.45) is 0 Å². The fourth-order valence-electron chi connectivity index (χ4n) is 1.37. The average molecular weight is 239 g/mol. The number of benzene rings is 1. The Labute approximate surface area is 99.7 Å². The molecule has 0 aliphatic carbocycles. The lowest BCUT2D eigenvalue weighted by atomic mass is 10.0. The van der Waals surface area contributed by atoms with Crippen molar-refractivity contribution < 1.29 is 20.1 Å². The van der Waals surface area contributed by atoms with Gasteiger partial charge in [0.25, 0.3) is 5.91 Å². The molecule has 0 aliphatic heterocycles. The lowest BCUT2D eigenvalue weighted by molar-refractivity contribution is 0.0723. The molecule has 0 bridgehead atoms. The van der Waals surface area contributed by atoms with E-state index in [4.69, 9.17) is 10.2 Å². The molecule has 0 heterocycles. The largest absolute Gasteiger partial charge is 0.508 e. The van der Waals surface area contributed by atoms with E-state index >= 15 is 0 Å². The highest BCUT2D eigenvalue weighted by Crippen LogP contribution is 2.16. The molecule has 1 rings (SSSR count). The number of hydrogen-bond acceptors (Lipinski definition) is 4. The van der Waals surface area contributed by atoms with Crippen LogP contribution in [0.1, 0.15) is 22.8 Å². The number of aromatic hydroxyl groups is 1. The minimum atomic E-state index is -1.05. The molecule has 0 fully saturated rings. The number of hydrogen-bond donors (Lipinski definition) is 4. The highest BCUT2D eigenvalue weighted by molar-refractivity contribution is 5.96. The normalized spacial score (nSPS) is 11.3. The lowest BCUT2D eigenvalue weighted by Crippen LogP contribution is -2.51. The van der Waals surface area contributed by atoms with E-state index in [9.17, 15) is 9.90 Å². The van der Waals surface area contributed by atoms with Gasteiger partial charge >= 0.3 is 0 Å². The minimum Gasteiger partial charge on any atom is -0.508 e. The van der Waals surface area contributed by atoms with Gasteiger partial charge in [-0.3, -0.25) is 4.79 Å². The Balaban J connectivity index is 2.90. The molecule has 0 spiro atoms. The molecule has 0 aromatic heterocycles. The number of aliphatic hydroxyl groups is 2. The van der Waals surface area contributed by atoms with Crippen LogP contribution in [-0.4, -0.2) is 40.0 Å². The standard InChI is InChI=1S/C12H17NO4/c1-8-5-9(16)3-4-10(8)11(17)13-12(2,6-14)7-15/h3-5,14-16H,6-7H2,1-2H3,(H,13,17). The SMILES string of the molecule is Cc1cc(O)ccc1C(=O)NC(C)(CO)CO. The molecule has 1 aromatic rings. The van der Waals surface area contributed by atoms with Crippen molar-refractivity contribution in [1.29, 1.82) is 0 Å². The van der Waals surface area contributed by atoms with Crippen molar-refractivity contribution in [3.05, 3.63) is 29.3 Å². The summed E-state index contributed by atoms with van der Waals surface area (Å²) in [6.45, 7) is 2.53. The first-order valence-electron chi connectivity index (χ1n) is 5.26. The van der Waals surface area contributed by atoms with Gasteiger partial charge in [0.15, 0.2) is 0 Å². The Hall–Kier alpha value is -1.59. The first-order chi connectivity index (χ1) is 7.91. The van der Waals surface area contributed by atoms with Gasteiger partial charge in [0.1, 0.15) is 5.75 Å². The smallest absolute Gasteiger partial charge is 0.252 e. The quantitative estimate of drug-likeness (QED) is 0.603. The summed E-state index contributed by atoms with van der Waals surface area (Å²) >= 11 is 0. The van der Waals surface area contributed by atoms with Crippen molar-refractivity contribution >= 4 is 5.91 Å². The summed E-state index contributed by atoms with van der Waals surface area (Å²) in [4.78, 5) is 11.9. The Morgan fingerprint density at radius 3 is 2.41 bits per heavy atom. The summed E-state index contributed by atoms with van der Waals surface area (Å²) in [6, 6.07) is 4.39. The predicted molar refractivity (Wildman–Crippen MR) is 62.9 cm³/mol. The number of carbonyl (C=O) groups excluding carboxylic acids is 1. The van der Waals surface area contributed by atoms with Crippen LogP contribution in [0.3, 0.4) is 0 Å². The van der Waals surface area contributed by atoms with Crippen LogP contribution < -0.4 is 5.32 Å². The van der Waals surface area contributed by atoms with E-state index in [2.05, 4.69) is 5.32 Å². The third kappa shape index (κ3) is 3.18. The van der Waals surface area contributed by atoms with Crippen molar-refractivity contribution in [1.82, 2.24) is 5.32 Å². The van der Waals surface area contributed by atoms with E-state index in [-0.39, 0.29) is 19.0 Å². The first-order valence-corrected chi connectivity index (χ1v) is 5.26. The molecule has 17 heavy (non-hydrogen) atoms. The molecule has 4 N–H and O–H groups in total. The van der Waals surface area contributed by atoms with Gasteiger partial charge in [-0.25, -0.2) is 0 Å². The van der Waals surface area contributed by atoms with E-state index in [1.54, 1.807) is 13.8 Å². The van der Waals surface area contributed by atoms with Gasteiger partial charge in [-0.15, -0.1) is 0 Å². The summed E-state index contributed by atoms with van der Waals surface area (Å²) in [5.41, 5.74) is -0.0295. The molecule has 1 aromatic carbocycles. The van der Waals surface area contributed by atoms with Crippen LogP contribution in [0, 0.1) is 6.92 Å². The van der Waals surface area contributed by atoms with Gasteiger partial charge in [0.2, 0.25) is 0 Å². The number of phenolic OH excluding ortho intramolecular Hbond substituents is 1. The zero-order chi connectivity index (χ0) is 13.1. The highest BCUT2D eigenvalue weighted by Gasteiger charge is 2.25. The number of aliphatic hydroxyl groups excluding tert-OH is 2. The molecule has 0 radical (unpaired) electrons. The number of aryl methyl sites for hydroxylation is 1. The van der Waals surface area contributed by atoms with Crippen LogP contribution >= 0.6 is 0 Å². The van der Waals surface area contributed by atoms with Crippen LogP contribution in [0.25, 0.3) is 0 Å². The van der Waals surface area contributed by atoms with Gasteiger partial charge in [-0.2, -0.15) is 0 Å². The molecular weight excluding hydrogens is 222 g/mol. The molecule has 1 amide bonds. The van der Waals surface area contributed by atoms with E-state index in [1.165, 1.54) is 18.2 Å². The van der Waals surface area contributed by atoms with E-state index < -0.39 is 11.4 Å². The molecule has 0 saturated heterocycles. The van der Waals surface area contributed by atoms with Crippen LogP contribution in [0.5, 0.6) is 5.75 Å². The molecular formula is C12H17NO4. The van der Waals surface area contributed by atoms with E-state index in [0.29, 0.717) is 11.1 Å². The van der Waals surface area contributed by atoms with Crippen molar-refractivity contribution in [2.75, 3.05) is 13.2 Å². The van der Waals surface area contributed by atoms with Gasteiger partial charge in [-0.05, 0) is 37.6 Å². The summed E-state index contributed by atoms with van der Waals surface area (Å²) in [7, 11) is 0. The van der Waals surface area contributed by atoms with Gasteiger partial charge in [0, 0.05) is 5.56 Å². The maximum absolute atomic E-state index is 11.9. The maximum atomic E-state index is 11.9. The Morgan fingerprint density at radius 2 is 1.94 bits per heavy atom. The van der Waals surface area contributed by atoms with Crippen molar-refractivity contribution in [3.8, 4) is 5.75 Å². The molecule has 0 aliphatic rings. The number of carbonyl (C=O) groups is 1. The van der Waals surface area contributed by atoms with Gasteiger partial charge in [-0.1, -0.05) is 0 Å². The molecule has 5 nitrogen and oxygen atoms in total. The molecule has 0 saturated carbocycles. The summed E-state index contributed by atoms with van der Waals surface area (Å²) in [5, 5.41) is 29.9.